The van der Waals surface area contributed by atoms with Gasteiger partial charge in [-0.3, -0.25) is 4.79 Å². The molecular weight excluding hydrogens is 182 g/mol. The van der Waals surface area contributed by atoms with Crippen LogP contribution in [0.3, 0.4) is 0 Å². The van der Waals surface area contributed by atoms with Crippen LogP contribution < -0.4 is 5.73 Å². The Morgan fingerprint density at radius 3 is 2.71 bits per heavy atom. The van der Waals surface area contributed by atoms with Crippen molar-refractivity contribution in [1.29, 1.82) is 0 Å². The Balaban J connectivity index is 2.25. The third-order valence-electron chi connectivity index (χ3n) is 1.81. The number of aliphatic carboxylic acids is 1. The minimum Gasteiger partial charge on any atom is -0.481 e. The number of rotatable bonds is 5. The Morgan fingerprint density at radius 1 is 1.36 bits per heavy atom. The van der Waals surface area contributed by atoms with Crippen molar-refractivity contribution in [2.24, 2.45) is 0 Å². The molecule has 0 spiro atoms. The average molecular weight is 195 g/mol. The lowest BCUT2D eigenvalue weighted by Crippen LogP contribution is -1.98. The number of aryl methyl sites for hydroxylation is 1. The molecule has 5 nitrogen and oxygen atoms in total. The number of carboxylic acids is 1. The van der Waals surface area contributed by atoms with E-state index in [-0.39, 0.29) is 6.42 Å². The van der Waals surface area contributed by atoms with Crippen molar-refractivity contribution in [3.8, 4) is 0 Å². The zero-order valence-electron chi connectivity index (χ0n) is 7.81. The molecule has 0 unspecified atom stereocenters. The summed E-state index contributed by atoms with van der Waals surface area (Å²) in [6.07, 6.45) is 2.44. The first kappa shape index (κ1) is 10.4. The Bertz CT molecular complexity index is 297. The third kappa shape index (κ3) is 3.84. The summed E-state index contributed by atoms with van der Waals surface area (Å²) in [5, 5.41) is 16.0. The molecule has 0 atom stereocenters. The standard InChI is InChI=1S/C9H13N3O2/c10-8-6-5-7(11-12-8)3-1-2-4-9(13)14/h5-6H,1-4H2,(H2,10,12)(H,13,14). The highest BCUT2D eigenvalue weighted by atomic mass is 16.4. The first-order valence-electron chi connectivity index (χ1n) is 4.48. The van der Waals surface area contributed by atoms with Gasteiger partial charge in [0.15, 0.2) is 0 Å². The molecule has 5 heteroatoms. The molecule has 1 heterocycles. The van der Waals surface area contributed by atoms with E-state index < -0.39 is 5.97 Å². The predicted octanol–water partition coefficient (Wildman–Crippen LogP) is 0.856. The van der Waals surface area contributed by atoms with E-state index in [2.05, 4.69) is 10.2 Å². The summed E-state index contributed by atoms with van der Waals surface area (Å²) in [5.41, 5.74) is 6.22. The molecule has 0 amide bonds. The molecule has 14 heavy (non-hydrogen) atoms. The molecule has 0 radical (unpaired) electrons. The van der Waals surface area contributed by atoms with Crippen LogP contribution in [-0.2, 0) is 11.2 Å². The highest BCUT2D eigenvalue weighted by Gasteiger charge is 1.99. The molecule has 0 saturated heterocycles. The summed E-state index contributed by atoms with van der Waals surface area (Å²) in [5.74, 6) is -0.354. The van der Waals surface area contributed by atoms with E-state index in [1.165, 1.54) is 0 Å². The van der Waals surface area contributed by atoms with Gasteiger partial charge in [0, 0.05) is 6.42 Å². The number of hydrogen-bond acceptors (Lipinski definition) is 4. The van der Waals surface area contributed by atoms with Gasteiger partial charge in [-0.2, -0.15) is 5.10 Å². The molecule has 3 N–H and O–H groups in total. The van der Waals surface area contributed by atoms with Gasteiger partial charge in [-0.25, -0.2) is 0 Å². The molecule has 0 aromatic carbocycles. The maximum Gasteiger partial charge on any atom is 0.303 e. The Kier molecular flexibility index (Phi) is 3.84. The number of nitrogen functional groups attached to an aromatic ring is 1. The molecule has 0 saturated carbocycles. The second-order valence-corrected chi connectivity index (χ2v) is 3.05. The maximum absolute atomic E-state index is 10.2. The molecule has 0 aliphatic heterocycles. The number of aromatic nitrogens is 2. The lowest BCUT2D eigenvalue weighted by molar-refractivity contribution is -0.137. The largest absolute Gasteiger partial charge is 0.481 e. The number of anilines is 1. The van der Waals surface area contributed by atoms with Gasteiger partial charge in [0.2, 0.25) is 0 Å². The second-order valence-electron chi connectivity index (χ2n) is 3.05. The van der Waals surface area contributed by atoms with E-state index in [0.717, 1.165) is 18.5 Å². The summed E-state index contributed by atoms with van der Waals surface area (Å²) in [6, 6.07) is 3.50. The molecule has 0 bridgehead atoms. The Labute approximate surface area is 82.0 Å². The fourth-order valence-corrected chi connectivity index (χ4v) is 1.09. The average Bonchev–Trinajstić information content (AvgIpc) is 2.15. The molecule has 76 valence electrons. The summed E-state index contributed by atoms with van der Waals surface area (Å²) >= 11 is 0. The molecule has 0 aliphatic rings. The van der Waals surface area contributed by atoms with Crippen LogP contribution >= 0.6 is 0 Å². The zero-order chi connectivity index (χ0) is 10.4. The van der Waals surface area contributed by atoms with Crippen molar-refractivity contribution in [2.45, 2.75) is 25.7 Å². The molecular formula is C9H13N3O2. The van der Waals surface area contributed by atoms with Gasteiger partial charge < -0.3 is 10.8 Å². The van der Waals surface area contributed by atoms with Crippen molar-refractivity contribution in [1.82, 2.24) is 10.2 Å². The Hall–Kier alpha value is -1.65. The van der Waals surface area contributed by atoms with Crippen LogP contribution in [0.15, 0.2) is 12.1 Å². The third-order valence-corrected chi connectivity index (χ3v) is 1.81. The lowest BCUT2D eigenvalue weighted by atomic mass is 10.1. The normalized spacial score (nSPS) is 10.0. The van der Waals surface area contributed by atoms with Gasteiger partial charge in [-0.05, 0) is 31.4 Å². The van der Waals surface area contributed by atoms with E-state index in [4.69, 9.17) is 10.8 Å². The summed E-state index contributed by atoms with van der Waals surface area (Å²) in [4.78, 5) is 10.2. The van der Waals surface area contributed by atoms with Crippen LogP contribution in [0.5, 0.6) is 0 Å². The molecule has 0 fully saturated rings. The number of carbonyl (C=O) groups is 1. The maximum atomic E-state index is 10.2. The van der Waals surface area contributed by atoms with Gasteiger partial charge in [-0.1, -0.05) is 0 Å². The number of unbranched alkanes of at least 4 members (excludes halogenated alkanes) is 1. The van der Waals surface area contributed by atoms with Crippen molar-refractivity contribution in [3.63, 3.8) is 0 Å². The number of hydrogen-bond donors (Lipinski definition) is 2. The van der Waals surface area contributed by atoms with E-state index >= 15 is 0 Å². The van der Waals surface area contributed by atoms with Gasteiger partial charge in [0.1, 0.15) is 5.82 Å². The van der Waals surface area contributed by atoms with E-state index in [1.807, 2.05) is 6.07 Å². The lowest BCUT2D eigenvalue weighted by Gasteiger charge is -1.98. The van der Waals surface area contributed by atoms with E-state index in [9.17, 15) is 4.79 Å². The van der Waals surface area contributed by atoms with Crippen molar-refractivity contribution >= 4 is 11.8 Å². The Morgan fingerprint density at radius 2 is 2.14 bits per heavy atom. The SMILES string of the molecule is Nc1ccc(CCCCC(=O)O)nn1. The molecule has 1 aromatic rings. The van der Waals surface area contributed by atoms with Crippen LogP contribution in [0.1, 0.15) is 25.0 Å². The van der Waals surface area contributed by atoms with E-state index in [0.29, 0.717) is 12.2 Å². The second kappa shape index (κ2) is 5.16. The van der Waals surface area contributed by atoms with Crippen LogP contribution in [0, 0.1) is 0 Å². The van der Waals surface area contributed by atoms with Crippen molar-refractivity contribution < 1.29 is 9.90 Å². The number of carboxylic acid groups (broad SMARTS) is 1. The number of nitrogens with two attached hydrogens (primary N) is 1. The summed E-state index contributed by atoms with van der Waals surface area (Å²) in [6.45, 7) is 0. The van der Waals surface area contributed by atoms with E-state index in [1.54, 1.807) is 6.07 Å². The predicted molar refractivity (Wildman–Crippen MR) is 51.6 cm³/mol. The van der Waals surface area contributed by atoms with Crippen LogP contribution in [-0.4, -0.2) is 21.3 Å². The zero-order valence-corrected chi connectivity index (χ0v) is 7.81. The van der Waals surface area contributed by atoms with Gasteiger partial charge in [0.05, 0.1) is 5.69 Å². The molecule has 1 rings (SSSR count). The van der Waals surface area contributed by atoms with Gasteiger partial charge in [-0.15, -0.1) is 5.10 Å². The van der Waals surface area contributed by atoms with Gasteiger partial charge >= 0.3 is 5.97 Å². The molecule has 0 aliphatic carbocycles. The summed E-state index contributed by atoms with van der Waals surface area (Å²) in [7, 11) is 0. The fourth-order valence-electron chi connectivity index (χ4n) is 1.09. The minimum atomic E-state index is -0.756. The highest BCUT2D eigenvalue weighted by molar-refractivity contribution is 5.66. The van der Waals surface area contributed by atoms with Crippen LogP contribution in [0.4, 0.5) is 5.82 Å². The van der Waals surface area contributed by atoms with Crippen molar-refractivity contribution in [3.05, 3.63) is 17.8 Å². The smallest absolute Gasteiger partial charge is 0.303 e. The van der Waals surface area contributed by atoms with Crippen LogP contribution in [0.25, 0.3) is 0 Å². The minimum absolute atomic E-state index is 0.211. The summed E-state index contributed by atoms with van der Waals surface area (Å²) < 4.78 is 0. The highest BCUT2D eigenvalue weighted by Crippen LogP contribution is 2.04. The topological polar surface area (TPSA) is 89.1 Å². The van der Waals surface area contributed by atoms with Gasteiger partial charge in [0.25, 0.3) is 0 Å². The number of nitrogens with zero attached hydrogens (tertiary/aromatic N) is 2. The van der Waals surface area contributed by atoms with Crippen molar-refractivity contribution in [2.75, 3.05) is 5.73 Å². The quantitative estimate of drug-likeness (QED) is 0.680. The first-order valence-corrected chi connectivity index (χ1v) is 4.48. The fraction of sp³-hybridized carbons (Fsp3) is 0.444. The molecule has 1 aromatic heterocycles. The first-order chi connectivity index (χ1) is 6.68. The van der Waals surface area contributed by atoms with Crippen LogP contribution in [0.2, 0.25) is 0 Å². The monoisotopic (exact) mass is 195 g/mol.